The molecule has 0 amide bonds. The van der Waals surface area contributed by atoms with Crippen molar-refractivity contribution in [3.63, 3.8) is 0 Å². The van der Waals surface area contributed by atoms with E-state index < -0.39 is 27.9 Å². The molecule has 124 valence electrons. The fraction of sp³-hybridized carbons (Fsp3) is 0.533. The number of hydrogen-bond acceptors (Lipinski definition) is 6. The van der Waals surface area contributed by atoms with Crippen LogP contribution in [-0.2, 0) is 23.8 Å². The van der Waals surface area contributed by atoms with Crippen LogP contribution in [0.1, 0.15) is 39.2 Å². The van der Waals surface area contributed by atoms with E-state index in [1.54, 1.807) is 32.9 Å². The molecule has 0 radical (unpaired) electrons. The Morgan fingerprint density at radius 2 is 1.77 bits per heavy atom. The first-order valence-corrected chi connectivity index (χ1v) is 8.38. The molecule has 0 saturated carbocycles. The molecule has 1 aromatic carbocycles. The molecule has 0 heterocycles. The van der Waals surface area contributed by atoms with Crippen molar-refractivity contribution in [3.8, 4) is 0 Å². The largest absolute Gasteiger partial charge is 0.460 e. The minimum Gasteiger partial charge on any atom is -0.460 e. The summed E-state index contributed by atoms with van der Waals surface area (Å²) in [5.41, 5.74) is 5.98. The number of carbonyl (C=O) groups excluding carboxylic acids is 1. The standard InChI is InChI=1S/C15H23NO5S/c1-11-5-7-12(8-6-11)22(18,19)21-13(16)9-10-14(17)20-15(2,3)4/h5-8,13H,9-10,16H2,1-4H3. The van der Waals surface area contributed by atoms with Gasteiger partial charge in [-0.25, -0.2) is 4.18 Å². The van der Waals surface area contributed by atoms with E-state index in [1.807, 2.05) is 6.92 Å². The molecular weight excluding hydrogens is 306 g/mol. The second-order valence-corrected chi connectivity index (χ2v) is 7.60. The number of aryl methyl sites for hydroxylation is 1. The highest BCUT2D eigenvalue weighted by atomic mass is 32.2. The number of rotatable bonds is 6. The first-order valence-electron chi connectivity index (χ1n) is 6.97. The van der Waals surface area contributed by atoms with Crippen molar-refractivity contribution >= 4 is 16.1 Å². The first-order chi connectivity index (χ1) is 9.99. The van der Waals surface area contributed by atoms with Gasteiger partial charge in [-0.05, 0) is 46.2 Å². The SMILES string of the molecule is Cc1ccc(S(=O)(=O)OC(N)CCC(=O)OC(C)(C)C)cc1. The summed E-state index contributed by atoms with van der Waals surface area (Å²) in [4.78, 5) is 11.6. The maximum absolute atomic E-state index is 12.0. The van der Waals surface area contributed by atoms with Crippen LogP contribution in [0, 0.1) is 6.92 Å². The lowest BCUT2D eigenvalue weighted by atomic mass is 10.2. The van der Waals surface area contributed by atoms with Crippen LogP contribution in [0.15, 0.2) is 29.2 Å². The summed E-state index contributed by atoms with van der Waals surface area (Å²) in [5.74, 6) is -0.445. The van der Waals surface area contributed by atoms with Gasteiger partial charge in [-0.15, -0.1) is 0 Å². The zero-order chi connectivity index (χ0) is 17.0. The molecule has 1 unspecified atom stereocenters. The number of hydrogen-bond donors (Lipinski definition) is 1. The Morgan fingerprint density at radius 1 is 1.23 bits per heavy atom. The van der Waals surface area contributed by atoms with Crippen LogP contribution in [0.5, 0.6) is 0 Å². The van der Waals surface area contributed by atoms with Gasteiger partial charge in [-0.1, -0.05) is 17.7 Å². The minimum atomic E-state index is -3.94. The van der Waals surface area contributed by atoms with Gasteiger partial charge in [-0.3, -0.25) is 4.79 Å². The molecule has 1 rings (SSSR count). The molecule has 0 saturated heterocycles. The topological polar surface area (TPSA) is 95.7 Å². The third-order valence-corrected chi connectivity index (χ3v) is 3.96. The summed E-state index contributed by atoms with van der Waals surface area (Å²) < 4.78 is 34.0. The molecule has 0 aromatic heterocycles. The summed E-state index contributed by atoms with van der Waals surface area (Å²) in [7, 11) is -3.94. The molecule has 0 aliphatic carbocycles. The number of ether oxygens (including phenoxy) is 1. The Bertz CT molecular complexity index is 602. The van der Waals surface area contributed by atoms with Crippen LogP contribution < -0.4 is 5.73 Å². The molecule has 7 heteroatoms. The monoisotopic (exact) mass is 329 g/mol. The van der Waals surface area contributed by atoms with Gasteiger partial charge in [-0.2, -0.15) is 8.42 Å². The van der Waals surface area contributed by atoms with E-state index in [9.17, 15) is 13.2 Å². The van der Waals surface area contributed by atoms with Gasteiger partial charge < -0.3 is 10.5 Å². The summed E-state index contributed by atoms with van der Waals surface area (Å²) in [6.45, 7) is 7.11. The van der Waals surface area contributed by atoms with E-state index in [0.29, 0.717) is 0 Å². The Kier molecular flexibility index (Phi) is 6.10. The Labute approximate surface area is 131 Å². The van der Waals surface area contributed by atoms with Crippen molar-refractivity contribution in [2.24, 2.45) is 5.73 Å². The van der Waals surface area contributed by atoms with Crippen molar-refractivity contribution in [2.45, 2.75) is 57.3 Å². The predicted octanol–water partition coefficient (Wildman–Crippen LogP) is 2.11. The second kappa shape index (κ2) is 7.21. The first kappa shape index (κ1) is 18.6. The van der Waals surface area contributed by atoms with Crippen molar-refractivity contribution in [1.82, 2.24) is 0 Å². The lowest BCUT2D eigenvalue weighted by Gasteiger charge is -2.20. The highest BCUT2D eigenvalue weighted by molar-refractivity contribution is 7.86. The molecule has 6 nitrogen and oxygen atoms in total. The van der Waals surface area contributed by atoms with Gasteiger partial charge in [0.15, 0.2) is 0 Å². The molecule has 22 heavy (non-hydrogen) atoms. The number of carbonyl (C=O) groups is 1. The highest BCUT2D eigenvalue weighted by Crippen LogP contribution is 2.16. The quantitative estimate of drug-likeness (QED) is 0.488. The normalized spacial score (nSPS) is 13.7. The molecular formula is C15H23NO5S. The van der Waals surface area contributed by atoms with Gasteiger partial charge in [0.2, 0.25) is 0 Å². The summed E-state index contributed by atoms with van der Waals surface area (Å²) in [6, 6.07) is 6.24. The number of nitrogens with two attached hydrogens (primary N) is 1. The molecule has 1 atom stereocenters. The van der Waals surface area contributed by atoms with Crippen LogP contribution in [0.25, 0.3) is 0 Å². The highest BCUT2D eigenvalue weighted by Gasteiger charge is 2.21. The van der Waals surface area contributed by atoms with Crippen molar-refractivity contribution in [3.05, 3.63) is 29.8 Å². The van der Waals surface area contributed by atoms with Gasteiger partial charge in [0.25, 0.3) is 10.1 Å². The van der Waals surface area contributed by atoms with E-state index in [1.165, 1.54) is 12.1 Å². The molecule has 1 aromatic rings. The average molecular weight is 329 g/mol. The summed E-state index contributed by atoms with van der Waals surface area (Å²) >= 11 is 0. The van der Waals surface area contributed by atoms with Gasteiger partial charge in [0.05, 0.1) is 4.90 Å². The van der Waals surface area contributed by atoms with Crippen LogP contribution in [0.4, 0.5) is 0 Å². The lowest BCUT2D eigenvalue weighted by molar-refractivity contribution is -0.155. The van der Waals surface area contributed by atoms with Gasteiger partial charge in [0, 0.05) is 6.42 Å². The van der Waals surface area contributed by atoms with Crippen LogP contribution in [0.3, 0.4) is 0 Å². The molecule has 0 aliphatic heterocycles. The van der Waals surface area contributed by atoms with Gasteiger partial charge in [0.1, 0.15) is 11.8 Å². The minimum absolute atomic E-state index is 0.0120. The second-order valence-electron chi connectivity index (χ2n) is 6.03. The maximum Gasteiger partial charge on any atom is 0.306 e. The fourth-order valence-corrected chi connectivity index (χ4v) is 2.63. The molecule has 0 bridgehead atoms. The van der Waals surface area contributed by atoms with E-state index in [-0.39, 0.29) is 17.7 Å². The third-order valence-electron chi connectivity index (χ3n) is 2.61. The number of esters is 1. The Balaban J connectivity index is 2.55. The fourth-order valence-electron chi connectivity index (χ4n) is 1.62. The van der Waals surface area contributed by atoms with Crippen LogP contribution in [0.2, 0.25) is 0 Å². The van der Waals surface area contributed by atoms with Crippen LogP contribution in [-0.4, -0.2) is 26.2 Å². The lowest BCUT2D eigenvalue weighted by Crippen LogP contribution is -2.30. The summed E-state index contributed by atoms with van der Waals surface area (Å²) in [5, 5.41) is 0. The van der Waals surface area contributed by atoms with E-state index in [2.05, 4.69) is 0 Å². The molecule has 0 fully saturated rings. The van der Waals surface area contributed by atoms with Crippen molar-refractivity contribution in [2.75, 3.05) is 0 Å². The van der Waals surface area contributed by atoms with Crippen molar-refractivity contribution in [1.29, 1.82) is 0 Å². The average Bonchev–Trinajstić information content (AvgIpc) is 2.34. The summed E-state index contributed by atoms with van der Waals surface area (Å²) in [6.07, 6.45) is -1.05. The predicted molar refractivity (Wildman–Crippen MR) is 82.5 cm³/mol. The van der Waals surface area contributed by atoms with Gasteiger partial charge >= 0.3 is 5.97 Å². The zero-order valence-electron chi connectivity index (χ0n) is 13.3. The third kappa shape index (κ3) is 6.55. The molecule has 0 aliphatic rings. The smallest absolute Gasteiger partial charge is 0.306 e. The molecule has 0 spiro atoms. The van der Waals surface area contributed by atoms with E-state index in [4.69, 9.17) is 14.7 Å². The van der Waals surface area contributed by atoms with Crippen molar-refractivity contribution < 1.29 is 22.1 Å². The van der Waals surface area contributed by atoms with E-state index >= 15 is 0 Å². The number of benzene rings is 1. The Hall–Kier alpha value is -1.44. The Morgan fingerprint density at radius 3 is 2.27 bits per heavy atom. The molecule has 2 N–H and O–H groups in total. The zero-order valence-corrected chi connectivity index (χ0v) is 14.1. The maximum atomic E-state index is 12.0. The van der Waals surface area contributed by atoms with E-state index in [0.717, 1.165) is 5.56 Å². The van der Waals surface area contributed by atoms with Crippen LogP contribution >= 0.6 is 0 Å².